The van der Waals surface area contributed by atoms with Crippen molar-refractivity contribution in [1.29, 1.82) is 0 Å². The van der Waals surface area contributed by atoms with Gasteiger partial charge in [0.25, 0.3) is 0 Å². The topological polar surface area (TPSA) is 104 Å². The second-order valence-electron chi connectivity index (χ2n) is 13.4. The lowest BCUT2D eigenvalue weighted by atomic mass is 9.44. The second-order valence-corrected chi connectivity index (χ2v) is 13.4. The summed E-state index contributed by atoms with van der Waals surface area (Å²) < 4.78 is 18.5. The Kier molecular flexibility index (Phi) is 6.09. The molecule has 4 fully saturated rings. The molecule has 3 heterocycles. The zero-order chi connectivity index (χ0) is 27.0. The van der Waals surface area contributed by atoms with Crippen molar-refractivity contribution in [3.63, 3.8) is 0 Å². The summed E-state index contributed by atoms with van der Waals surface area (Å²) in [4.78, 5) is 33.1. The number of nitrogens with zero attached hydrogens (tertiary/aromatic N) is 2. The number of hydrogen-bond donors (Lipinski definition) is 1. The summed E-state index contributed by atoms with van der Waals surface area (Å²) in [5.74, 6) is 0.515. The van der Waals surface area contributed by atoms with Gasteiger partial charge in [0.1, 0.15) is 17.5 Å². The third-order valence-electron chi connectivity index (χ3n) is 9.54. The summed E-state index contributed by atoms with van der Waals surface area (Å²) in [6, 6.07) is 3.83. The Morgan fingerprint density at radius 3 is 2.51 bits per heavy atom. The molecule has 8 heteroatoms. The monoisotopic (exact) mass is 513 g/mol. The summed E-state index contributed by atoms with van der Waals surface area (Å²) in [6.07, 6.45) is 3.56. The third kappa shape index (κ3) is 4.19. The van der Waals surface area contributed by atoms with Crippen LogP contribution >= 0.6 is 0 Å². The lowest BCUT2D eigenvalue weighted by Crippen LogP contribution is -2.68. The zero-order valence-corrected chi connectivity index (χ0v) is 23.4. The fourth-order valence-electron chi connectivity index (χ4n) is 7.40. The number of pyridine rings is 1. The predicted octanol–water partition coefficient (Wildman–Crippen LogP) is 4.67. The quantitative estimate of drug-likeness (QED) is 0.551. The van der Waals surface area contributed by atoms with Gasteiger partial charge in [0.15, 0.2) is 5.60 Å². The van der Waals surface area contributed by atoms with Crippen molar-refractivity contribution in [2.24, 2.45) is 22.7 Å². The number of esters is 1. The van der Waals surface area contributed by atoms with Crippen molar-refractivity contribution in [1.82, 2.24) is 9.88 Å². The molecule has 2 aliphatic heterocycles. The van der Waals surface area contributed by atoms with E-state index in [0.717, 1.165) is 30.5 Å². The maximum Gasteiger partial charge on any atom is 0.410 e. The molecule has 1 aromatic rings. The molecule has 2 aliphatic carbocycles. The highest BCUT2D eigenvalue weighted by atomic mass is 16.6. The number of aryl methyl sites for hydroxylation is 1. The highest BCUT2D eigenvalue weighted by Gasteiger charge is 2.83. The largest absolute Gasteiger partial charge is 0.458 e. The number of carbonyl (C=O) groups excluding carboxylic acids is 2. The number of hydrogen-bond acceptors (Lipinski definition) is 7. The molecule has 1 aromatic heterocycles. The van der Waals surface area contributed by atoms with Crippen LogP contribution in [0.25, 0.3) is 0 Å². The summed E-state index contributed by atoms with van der Waals surface area (Å²) in [5.41, 5.74) is 6.17. The molecule has 2 N–H and O–H groups in total. The molecule has 4 aliphatic rings. The first-order valence-electron chi connectivity index (χ1n) is 13.8. The van der Waals surface area contributed by atoms with Crippen LogP contribution in [0.4, 0.5) is 10.6 Å². The summed E-state index contributed by atoms with van der Waals surface area (Å²) in [7, 11) is 0. The Morgan fingerprint density at radius 2 is 1.92 bits per heavy atom. The first-order valence-corrected chi connectivity index (χ1v) is 13.8. The number of carbonyl (C=O) groups is 2. The molecule has 0 bridgehead atoms. The minimum Gasteiger partial charge on any atom is -0.458 e. The molecule has 0 aromatic carbocycles. The zero-order valence-electron chi connectivity index (χ0n) is 23.4. The molecule has 2 saturated heterocycles. The van der Waals surface area contributed by atoms with Crippen molar-refractivity contribution in [2.75, 3.05) is 18.8 Å². The first kappa shape index (κ1) is 26.3. The van der Waals surface area contributed by atoms with Gasteiger partial charge in [0, 0.05) is 23.6 Å². The number of amides is 1. The van der Waals surface area contributed by atoms with Crippen LogP contribution in [0.2, 0.25) is 0 Å². The average Bonchev–Trinajstić information content (AvgIpc) is 3.34. The van der Waals surface area contributed by atoms with Crippen LogP contribution in [-0.4, -0.2) is 58.4 Å². The van der Waals surface area contributed by atoms with Crippen LogP contribution in [0.5, 0.6) is 0 Å². The number of nitrogens with two attached hydrogens (primary N) is 1. The number of nitrogen functional groups attached to an aromatic ring is 1. The van der Waals surface area contributed by atoms with Gasteiger partial charge in [-0.3, -0.25) is 0 Å². The van der Waals surface area contributed by atoms with E-state index in [1.165, 1.54) is 0 Å². The molecule has 5 rings (SSSR count). The van der Waals surface area contributed by atoms with Gasteiger partial charge in [-0.25, -0.2) is 14.6 Å². The molecular formula is C29H43N3O5. The van der Waals surface area contributed by atoms with Crippen LogP contribution in [0.3, 0.4) is 0 Å². The van der Waals surface area contributed by atoms with Crippen LogP contribution in [0.15, 0.2) is 12.1 Å². The molecule has 37 heavy (non-hydrogen) atoms. The Balaban J connectivity index is 1.39. The smallest absolute Gasteiger partial charge is 0.410 e. The number of likely N-dealkylation sites (tertiary alicyclic amines) is 1. The van der Waals surface area contributed by atoms with E-state index < -0.39 is 23.4 Å². The van der Waals surface area contributed by atoms with Gasteiger partial charge in [0.05, 0.1) is 12.6 Å². The van der Waals surface area contributed by atoms with E-state index in [9.17, 15) is 9.59 Å². The van der Waals surface area contributed by atoms with Gasteiger partial charge in [-0.05, 0) is 82.4 Å². The Labute approximate surface area is 220 Å². The average molecular weight is 514 g/mol. The number of aromatic nitrogens is 1. The van der Waals surface area contributed by atoms with Crippen molar-refractivity contribution in [2.45, 2.75) is 104 Å². The minimum absolute atomic E-state index is 0.0270. The van der Waals surface area contributed by atoms with E-state index in [1.807, 2.05) is 39.8 Å². The maximum absolute atomic E-state index is 14.0. The Morgan fingerprint density at radius 1 is 1.19 bits per heavy atom. The fourth-order valence-corrected chi connectivity index (χ4v) is 7.40. The lowest BCUT2D eigenvalue weighted by Gasteiger charge is -2.61. The lowest BCUT2D eigenvalue weighted by molar-refractivity contribution is -0.238. The molecule has 204 valence electrons. The number of fused-ring (bicyclic) bond motifs is 3. The van der Waals surface area contributed by atoms with Gasteiger partial charge in [-0.2, -0.15) is 0 Å². The van der Waals surface area contributed by atoms with Gasteiger partial charge in [0.2, 0.25) is 0 Å². The Bertz CT molecular complexity index is 1080. The predicted molar refractivity (Wildman–Crippen MR) is 140 cm³/mol. The van der Waals surface area contributed by atoms with E-state index in [4.69, 9.17) is 19.9 Å². The normalized spacial score (nSPS) is 34.4. The van der Waals surface area contributed by atoms with Crippen LogP contribution in [0.1, 0.15) is 78.5 Å². The minimum atomic E-state index is -0.879. The molecule has 6 atom stereocenters. The van der Waals surface area contributed by atoms with Crippen molar-refractivity contribution in [3.8, 4) is 0 Å². The number of ether oxygens (including phenoxy) is 3. The van der Waals surface area contributed by atoms with Gasteiger partial charge in [-0.1, -0.05) is 27.2 Å². The summed E-state index contributed by atoms with van der Waals surface area (Å²) in [6.45, 7) is 15.0. The van der Waals surface area contributed by atoms with Crippen LogP contribution < -0.4 is 5.73 Å². The highest BCUT2D eigenvalue weighted by Crippen LogP contribution is 2.78. The second kappa shape index (κ2) is 8.58. The van der Waals surface area contributed by atoms with Crippen LogP contribution in [0, 0.1) is 29.6 Å². The summed E-state index contributed by atoms with van der Waals surface area (Å²) >= 11 is 0. The SMILES string of the molecule is CCC(C)(C)C12CCC1(C(=O)OC1CN(C(=O)OC(C)(C)C)CC1Cc1cc(C)cc(N)n1)OC1CC12. The van der Waals surface area contributed by atoms with Crippen LogP contribution in [-0.2, 0) is 25.4 Å². The first-order chi connectivity index (χ1) is 17.2. The molecule has 0 spiro atoms. The van der Waals surface area contributed by atoms with Crippen molar-refractivity contribution < 1.29 is 23.8 Å². The van der Waals surface area contributed by atoms with Crippen molar-refractivity contribution >= 4 is 17.9 Å². The van der Waals surface area contributed by atoms with E-state index in [1.54, 1.807) is 4.90 Å². The highest BCUT2D eigenvalue weighted by molar-refractivity contribution is 5.84. The number of anilines is 1. The van der Waals surface area contributed by atoms with E-state index in [2.05, 4.69) is 25.8 Å². The molecule has 0 radical (unpaired) electrons. The van der Waals surface area contributed by atoms with E-state index in [-0.39, 0.29) is 28.8 Å². The molecular weight excluding hydrogens is 470 g/mol. The van der Waals surface area contributed by atoms with E-state index in [0.29, 0.717) is 37.7 Å². The third-order valence-corrected chi connectivity index (χ3v) is 9.54. The Hall–Kier alpha value is -2.35. The van der Waals surface area contributed by atoms with Crippen molar-refractivity contribution in [3.05, 3.63) is 23.4 Å². The van der Waals surface area contributed by atoms with Gasteiger partial charge < -0.3 is 24.8 Å². The fraction of sp³-hybridized carbons (Fsp3) is 0.759. The van der Waals surface area contributed by atoms with E-state index >= 15 is 0 Å². The number of rotatable bonds is 6. The molecule has 8 nitrogen and oxygen atoms in total. The molecule has 1 amide bonds. The van der Waals surface area contributed by atoms with Gasteiger partial charge >= 0.3 is 12.1 Å². The standard InChI is InChI=1S/C29H43N3O5/c1-8-27(6,7)28-9-10-29(28,36-21-14-20(21)28)24(33)35-22-16-32(25(34)37-26(3,4)5)15-18(22)13-19-11-17(2)12-23(30)31-19/h11-12,18,20-22H,8-10,13-16H2,1-7H3,(H2,30,31). The van der Waals surface area contributed by atoms with Gasteiger partial charge in [-0.15, -0.1) is 0 Å². The molecule has 6 unspecified atom stereocenters. The maximum atomic E-state index is 14.0. The molecule has 2 saturated carbocycles. The summed E-state index contributed by atoms with van der Waals surface area (Å²) in [5, 5.41) is 0.